The van der Waals surface area contributed by atoms with Gasteiger partial charge in [-0.1, -0.05) is 12.1 Å². The van der Waals surface area contributed by atoms with Gasteiger partial charge in [0.1, 0.15) is 5.75 Å². The van der Waals surface area contributed by atoms with E-state index >= 15 is 0 Å². The Hall–Kier alpha value is -1.55. The fourth-order valence-corrected chi connectivity index (χ4v) is 2.28. The molecule has 1 saturated heterocycles. The van der Waals surface area contributed by atoms with Gasteiger partial charge in [-0.3, -0.25) is 4.79 Å². The van der Waals surface area contributed by atoms with Crippen LogP contribution in [-0.4, -0.2) is 43.7 Å². The summed E-state index contributed by atoms with van der Waals surface area (Å²) in [5, 5.41) is 0. The van der Waals surface area contributed by atoms with Gasteiger partial charge < -0.3 is 14.4 Å². The number of likely N-dealkylation sites (tertiary alicyclic amines) is 1. The number of hydrogen-bond acceptors (Lipinski definition) is 3. The Labute approximate surface area is 114 Å². The molecule has 1 aliphatic rings. The molecule has 1 aromatic rings. The first-order valence-corrected chi connectivity index (χ1v) is 6.69. The van der Waals surface area contributed by atoms with Gasteiger partial charge in [-0.25, -0.2) is 0 Å². The molecule has 0 saturated carbocycles. The van der Waals surface area contributed by atoms with Gasteiger partial charge in [-0.15, -0.1) is 0 Å². The summed E-state index contributed by atoms with van der Waals surface area (Å²) in [6.07, 6.45) is 2.11. The predicted octanol–water partition coefficient (Wildman–Crippen LogP) is 2.01. The van der Waals surface area contributed by atoms with E-state index in [0.717, 1.165) is 37.2 Å². The van der Waals surface area contributed by atoms with Crippen LogP contribution in [0.4, 0.5) is 0 Å². The first kappa shape index (κ1) is 13.9. The molecule has 0 radical (unpaired) electrons. The first-order chi connectivity index (χ1) is 9.19. The van der Waals surface area contributed by atoms with Gasteiger partial charge in [0, 0.05) is 20.2 Å². The average Bonchev–Trinajstić information content (AvgIpc) is 2.45. The molecule has 0 spiro atoms. The highest BCUT2D eigenvalue weighted by atomic mass is 16.5. The van der Waals surface area contributed by atoms with Crippen molar-refractivity contribution in [2.75, 3.05) is 26.8 Å². The molecule has 2 rings (SSSR count). The number of amides is 1. The SMILES string of the molecule is COC1CCN(C(=O)COc2cccc(C)c2)CC1. The molecule has 1 fully saturated rings. The van der Waals surface area contributed by atoms with Crippen LogP contribution < -0.4 is 4.74 Å². The standard InChI is InChI=1S/C15H21NO3/c1-12-4-3-5-14(10-12)19-11-15(17)16-8-6-13(18-2)7-9-16/h3-5,10,13H,6-9,11H2,1-2H3. The molecule has 0 unspecified atom stereocenters. The number of piperidine rings is 1. The Morgan fingerprint density at radius 2 is 2.11 bits per heavy atom. The van der Waals surface area contributed by atoms with E-state index in [1.54, 1.807) is 7.11 Å². The molecule has 0 aromatic heterocycles. The van der Waals surface area contributed by atoms with E-state index in [4.69, 9.17) is 9.47 Å². The Bertz CT molecular complexity index is 425. The van der Waals surface area contributed by atoms with E-state index < -0.39 is 0 Å². The highest BCUT2D eigenvalue weighted by Gasteiger charge is 2.22. The first-order valence-electron chi connectivity index (χ1n) is 6.69. The lowest BCUT2D eigenvalue weighted by molar-refractivity contribution is -0.135. The van der Waals surface area contributed by atoms with Crippen molar-refractivity contribution in [1.29, 1.82) is 0 Å². The zero-order chi connectivity index (χ0) is 13.7. The Balaban J connectivity index is 1.79. The predicted molar refractivity (Wildman–Crippen MR) is 73.3 cm³/mol. The smallest absolute Gasteiger partial charge is 0.260 e. The number of aryl methyl sites for hydroxylation is 1. The van der Waals surface area contributed by atoms with Crippen LogP contribution in [-0.2, 0) is 9.53 Å². The number of hydrogen-bond donors (Lipinski definition) is 0. The lowest BCUT2D eigenvalue weighted by Crippen LogP contribution is -2.42. The van der Waals surface area contributed by atoms with Crippen LogP contribution in [0, 0.1) is 6.92 Å². The quantitative estimate of drug-likeness (QED) is 0.834. The van der Waals surface area contributed by atoms with Crippen molar-refractivity contribution in [1.82, 2.24) is 4.90 Å². The fraction of sp³-hybridized carbons (Fsp3) is 0.533. The summed E-state index contributed by atoms with van der Waals surface area (Å²) in [7, 11) is 1.73. The molecule has 0 atom stereocenters. The zero-order valence-corrected chi connectivity index (χ0v) is 11.6. The lowest BCUT2D eigenvalue weighted by atomic mass is 10.1. The molecular formula is C15H21NO3. The molecule has 0 N–H and O–H groups in total. The van der Waals surface area contributed by atoms with Gasteiger partial charge in [-0.05, 0) is 37.5 Å². The molecule has 1 heterocycles. The summed E-state index contributed by atoms with van der Waals surface area (Å²) in [4.78, 5) is 13.9. The van der Waals surface area contributed by atoms with Crippen LogP contribution in [0.15, 0.2) is 24.3 Å². The van der Waals surface area contributed by atoms with E-state index in [2.05, 4.69) is 0 Å². The number of methoxy groups -OCH3 is 1. The zero-order valence-electron chi connectivity index (χ0n) is 11.6. The van der Waals surface area contributed by atoms with Crippen LogP contribution in [0.2, 0.25) is 0 Å². The molecule has 0 aliphatic carbocycles. The monoisotopic (exact) mass is 263 g/mol. The fourth-order valence-electron chi connectivity index (χ4n) is 2.28. The second-order valence-electron chi connectivity index (χ2n) is 4.92. The number of ether oxygens (including phenoxy) is 2. The molecule has 0 bridgehead atoms. The highest BCUT2D eigenvalue weighted by Crippen LogP contribution is 2.15. The maximum atomic E-state index is 12.0. The van der Waals surface area contributed by atoms with E-state index in [1.807, 2.05) is 36.1 Å². The Morgan fingerprint density at radius 3 is 2.74 bits per heavy atom. The summed E-state index contributed by atoms with van der Waals surface area (Å²) in [5.41, 5.74) is 1.13. The molecule has 104 valence electrons. The van der Waals surface area contributed by atoms with Crippen molar-refractivity contribution in [3.05, 3.63) is 29.8 Å². The number of benzene rings is 1. The van der Waals surface area contributed by atoms with Gasteiger partial charge in [0.15, 0.2) is 6.61 Å². The second-order valence-corrected chi connectivity index (χ2v) is 4.92. The van der Waals surface area contributed by atoms with Crippen molar-refractivity contribution in [2.24, 2.45) is 0 Å². The average molecular weight is 263 g/mol. The van der Waals surface area contributed by atoms with Crippen LogP contribution in [0.1, 0.15) is 18.4 Å². The number of carbonyl (C=O) groups excluding carboxylic acids is 1. The minimum Gasteiger partial charge on any atom is -0.484 e. The highest BCUT2D eigenvalue weighted by molar-refractivity contribution is 5.77. The van der Waals surface area contributed by atoms with Crippen LogP contribution in [0.25, 0.3) is 0 Å². The number of rotatable bonds is 4. The summed E-state index contributed by atoms with van der Waals surface area (Å²) in [6, 6.07) is 7.74. The normalized spacial score (nSPS) is 16.4. The molecule has 1 amide bonds. The topological polar surface area (TPSA) is 38.8 Å². The van der Waals surface area contributed by atoms with Crippen LogP contribution in [0.3, 0.4) is 0 Å². The van der Waals surface area contributed by atoms with Gasteiger partial charge in [0.05, 0.1) is 6.10 Å². The van der Waals surface area contributed by atoms with Crippen molar-refractivity contribution in [3.8, 4) is 5.75 Å². The molecule has 4 nitrogen and oxygen atoms in total. The molecule has 1 aromatic carbocycles. The number of carbonyl (C=O) groups is 1. The summed E-state index contributed by atoms with van der Waals surface area (Å²) in [6.45, 7) is 3.63. The second kappa shape index (κ2) is 6.57. The molecule has 4 heteroatoms. The maximum Gasteiger partial charge on any atom is 0.260 e. The Morgan fingerprint density at radius 1 is 1.37 bits per heavy atom. The summed E-state index contributed by atoms with van der Waals surface area (Å²) >= 11 is 0. The van der Waals surface area contributed by atoms with Crippen molar-refractivity contribution in [2.45, 2.75) is 25.9 Å². The summed E-state index contributed by atoms with van der Waals surface area (Å²) < 4.78 is 10.8. The van der Waals surface area contributed by atoms with Crippen LogP contribution >= 0.6 is 0 Å². The van der Waals surface area contributed by atoms with E-state index in [1.165, 1.54) is 0 Å². The van der Waals surface area contributed by atoms with Crippen LogP contribution in [0.5, 0.6) is 5.75 Å². The largest absolute Gasteiger partial charge is 0.484 e. The van der Waals surface area contributed by atoms with Crippen molar-refractivity contribution >= 4 is 5.91 Å². The third kappa shape index (κ3) is 3.96. The summed E-state index contributed by atoms with van der Waals surface area (Å²) in [5.74, 6) is 0.802. The van der Waals surface area contributed by atoms with Gasteiger partial charge >= 0.3 is 0 Å². The Kier molecular flexibility index (Phi) is 4.80. The molecule has 19 heavy (non-hydrogen) atoms. The third-order valence-electron chi connectivity index (χ3n) is 3.48. The minimum absolute atomic E-state index is 0.0519. The van der Waals surface area contributed by atoms with Crippen molar-refractivity contribution in [3.63, 3.8) is 0 Å². The number of nitrogens with zero attached hydrogens (tertiary/aromatic N) is 1. The maximum absolute atomic E-state index is 12.0. The van der Waals surface area contributed by atoms with Gasteiger partial charge in [-0.2, -0.15) is 0 Å². The van der Waals surface area contributed by atoms with E-state index in [9.17, 15) is 4.79 Å². The van der Waals surface area contributed by atoms with E-state index in [0.29, 0.717) is 6.10 Å². The molecular weight excluding hydrogens is 242 g/mol. The van der Waals surface area contributed by atoms with Crippen molar-refractivity contribution < 1.29 is 14.3 Å². The van der Waals surface area contributed by atoms with Gasteiger partial charge in [0.25, 0.3) is 5.91 Å². The minimum atomic E-state index is 0.0519. The van der Waals surface area contributed by atoms with Gasteiger partial charge in [0.2, 0.25) is 0 Å². The third-order valence-corrected chi connectivity index (χ3v) is 3.48. The lowest BCUT2D eigenvalue weighted by Gasteiger charge is -2.31. The molecule has 1 aliphatic heterocycles. The van der Waals surface area contributed by atoms with E-state index in [-0.39, 0.29) is 12.5 Å².